The molecule has 1 atom stereocenters. The molecule has 0 bridgehead atoms. The molecule has 4 N–H and O–H groups in total. The van der Waals surface area contributed by atoms with Crippen LogP contribution < -0.4 is 5.73 Å². The van der Waals surface area contributed by atoms with Crippen molar-refractivity contribution in [2.45, 2.75) is 12.0 Å². The molecule has 104 valence electrons. The van der Waals surface area contributed by atoms with Gasteiger partial charge in [-0.3, -0.25) is 0 Å². The standard InChI is InChI=1S/C9H8F5NO2.ClH/c10-3-1-4(17)5(7(12)6(3)11)8(15)9(13,14)2-16;/h1,8,16-17H,2,15H2;1H/t8-;/m0./s1. The molecule has 0 amide bonds. The second kappa shape index (κ2) is 5.68. The Balaban J connectivity index is 0.00000289. The second-order valence-corrected chi connectivity index (χ2v) is 3.32. The third-order valence-electron chi connectivity index (χ3n) is 2.16. The van der Waals surface area contributed by atoms with Crippen LogP contribution >= 0.6 is 12.4 Å². The number of hydrogen-bond donors (Lipinski definition) is 3. The van der Waals surface area contributed by atoms with Gasteiger partial charge in [-0.1, -0.05) is 0 Å². The third kappa shape index (κ3) is 2.82. The molecule has 1 aromatic rings. The first-order valence-corrected chi connectivity index (χ1v) is 4.33. The highest BCUT2D eigenvalue weighted by Gasteiger charge is 2.41. The SMILES string of the molecule is Cl.N[C@@H](c1c(O)cc(F)c(F)c1F)C(F)(F)CO. The number of halogens is 6. The smallest absolute Gasteiger partial charge is 0.289 e. The number of aliphatic hydroxyl groups is 1. The fraction of sp³-hybridized carbons (Fsp3) is 0.333. The Morgan fingerprint density at radius 3 is 2.17 bits per heavy atom. The van der Waals surface area contributed by atoms with Gasteiger partial charge in [0.05, 0.1) is 5.56 Å². The van der Waals surface area contributed by atoms with Crippen molar-refractivity contribution in [3.8, 4) is 5.75 Å². The largest absolute Gasteiger partial charge is 0.507 e. The second-order valence-electron chi connectivity index (χ2n) is 3.32. The van der Waals surface area contributed by atoms with Crippen LogP contribution in [0.15, 0.2) is 6.07 Å². The Bertz CT molecular complexity index is 443. The van der Waals surface area contributed by atoms with Crippen molar-refractivity contribution < 1.29 is 32.2 Å². The summed E-state index contributed by atoms with van der Waals surface area (Å²) in [5.74, 6) is -11.0. The number of phenolic OH excluding ortho intramolecular Hbond substituents is 1. The van der Waals surface area contributed by atoms with E-state index in [1.54, 1.807) is 0 Å². The topological polar surface area (TPSA) is 66.5 Å². The average molecular weight is 294 g/mol. The molecule has 0 saturated heterocycles. The fourth-order valence-electron chi connectivity index (χ4n) is 1.20. The maximum atomic E-state index is 13.2. The zero-order valence-electron chi connectivity index (χ0n) is 8.63. The van der Waals surface area contributed by atoms with Crippen LogP contribution in [0.2, 0.25) is 0 Å². The molecular weight excluding hydrogens is 285 g/mol. The highest BCUT2D eigenvalue weighted by molar-refractivity contribution is 5.85. The summed E-state index contributed by atoms with van der Waals surface area (Å²) in [5, 5.41) is 17.4. The summed E-state index contributed by atoms with van der Waals surface area (Å²) in [4.78, 5) is 0. The Hall–Kier alpha value is -1.12. The van der Waals surface area contributed by atoms with E-state index in [0.717, 1.165) is 0 Å². The summed E-state index contributed by atoms with van der Waals surface area (Å²) in [6.07, 6.45) is 0. The van der Waals surface area contributed by atoms with Crippen LogP contribution in [0.4, 0.5) is 22.0 Å². The highest BCUT2D eigenvalue weighted by Crippen LogP contribution is 2.36. The predicted molar refractivity (Wildman–Crippen MR) is 54.2 cm³/mol. The quantitative estimate of drug-likeness (QED) is 0.589. The summed E-state index contributed by atoms with van der Waals surface area (Å²) in [5.41, 5.74) is 3.62. The molecule has 0 aliphatic rings. The van der Waals surface area contributed by atoms with E-state index in [-0.39, 0.29) is 18.5 Å². The monoisotopic (exact) mass is 293 g/mol. The Kier molecular flexibility index (Phi) is 5.33. The van der Waals surface area contributed by atoms with E-state index in [9.17, 15) is 22.0 Å². The third-order valence-corrected chi connectivity index (χ3v) is 2.16. The van der Waals surface area contributed by atoms with Crippen molar-refractivity contribution >= 4 is 12.4 Å². The molecule has 18 heavy (non-hydrogen) atoms. The van der Waals surface area contributed by atoms with E-state index in [4.69, 9.17) is 15.9 Å². The minimum absolute atomic E-state index is 0. The van der Waals surface area contributed by atoms with Crippen molar-refractivity contribution in [1.82, 2.24) is 0 Å². The summed E-state index contributed by atoms with van der Waals surface area (Å²) in [6.45, 7) is -1.73. The molecule has 0 aromatic heterocycles. The molecule has 1 aromatic carbocycles. The molecule has 0 saturated carbocycles. The first kappa shape index (κ1) is 16.9. The van der Waals surface area contributed by atoms with E-state index < -0.39 is 47.3 Å². The zero-order valence-corrected chi connectivity index (χ0v) is 9.45. The van der Waals surface area contributed by atoms with Crippen LogP contribution in [0.1, 0.15) is 11.6 Å². The minimum Gasteiger partial charge on any atom is -0.507 e. The van der Waals surface area contributed by atoms with Crippen LogP contribution in [0, 0.1) is 17.5 Å². The Morgan fingerprint density at radius 2 is 1.72 bits per heavy atom. The number of rotatable bonds is 3. The number of phenols is 1. The van der Waals surface area contributed by atoms with Gasteiger partial charge in [-0.2, -0.15) is 0 Å². The number of aromatic hydroxyl groups is 1. The van der Waals surface area contributed by atoms with Crippen LogP contribution in [0.3, 0.4) is 0 Å². The fourth-order valence-corrected chi connectivity index (χ4v) is 1.20. The van der Waals surface area contributed by atoms with Crippen molar-refractivity contribution in [2.75, 3.05) is 6.61 Å². The molecule has 0 spiro atoms. The number of hydrogen-bond acceptors (Lipinski definition) is 3. The van der Waals surface area contributed by atoms with Gasteiger partial charge in [0.1, 0.15) is 18.4 Å². The Labute approximate surface area is 104 Å². The maximum Gasteiger partial charge on any atom is 0.289 e. The molecule has 0 fully saturated rings. The summed E-state index contributed by atoms with van der Waals surface area (Å²) in [7, 11) is 0. The van der Waals surface area contributed by atoms with Crippen LogP contribution in [0.25, 0.3) is 0 Å². The average Bonchev–Trinajstić information content (AvgIpc) is 2.26. The van der Waals surface area contributed by atoms with Crippen molar-refractivity contribution in [3.63, 3.8) is 0 Å². The summed E-state index contributed by atoms with van der Waals surface area (Å²) < 4.78 is 64.5. The van der Waals surface area contributed by atoms with E-state index in [0.29, 0.717) is 0 Å². The van der Waals surface area contributed by atoms with Gasteiger partial charge in [-0.25, -0.2) is 22.0 Å². The van der Waals surface area contributed by atoms with E-state index in [2.05, 4.69) is 0 Å². The summed E-state index contributed by atoms with van der Waals surface area (Å²) in [6, 6.07) is -2.37. The number of aliphatic hydroxyl groups excluding tert-OH is 1. The van der Waals surface area contributed by atoms with Gasteiger partial charge >= 0.3 is 0 Å². The van der Waals surface area contributed by atoms with E-state index in [1.807, 2.05) is 0 Å². The lowest BCUT2D eigenvalue weighted by atomic mass is 9.99. The van der Waals surface area contributed by atoms with Gasteiger partial charge in [0, 0.05) is 6.07 Å². The predicted octanol–water partition coefficient (Wildman–Crippen LogP) is 1.86. The molecule has 0 unspecified atom stereocenters. The van der Waals surface area contributed by atoms with Gasteiger partial charge in [0.15, 0.2) is 17.5 Å². The molecule has 3 nitrogen and oxygen atoms in total. The minimum atomic E-state index is -3.98. The number of benzene rings is 1. The van der Waals surface area contributed by atoms with Crippen molar-refractivity contribution in [1.29, 1.82) is 0 Å². The summed E-state index contributed by atoms with van der Waals surface area (Å²) >= 11 is 0. The van der Waals surface area contributed by atoms with Gasteiger partial charge in [-0.15, -0.1) is 12.4 Å². The van der Waals surface area contributed by atoms with E-state index >= 15 is 0 Å². The molecule has 9 heteroatoms. The van der Waals surface area contributed by atoms with Gasteiger partial charge in [0.2, 0.25) is 0 Å². The maximum absolute atomic E-state index is 13.2. The molecule has 0 aliphatic heterocycles. The van der Waals surface area contributed by atoms with Crippen molar-refractivity contribution in [2.24, 2.45) is 5.73 Å². The molecule has 0 radical (unpaired) electrons. The van der Waals surface area contributed by atoms with Gasteiger partial charge < -0.3 is 15.9 Å². The molecule has 1 rings (SSSR count). The van der Waals surface area contributed by atoms with Crippen LogP contribution in [-0.2, 0) is 0 Å². The number of alkyl halides is 2. The van der Waals surface area contributed by atoms with E-state index in [1.165, 1.54) is 0 Å². The lowest BCUT2D eigenvalue weighted by Gasteiger charge is -2.22. The van der Waals surface area contributed by atoms with Gasteiger partial charge in [0.25, 0.3) is 5.92 Å². The van der Waals surface area contributed by atoms with Crippen molar-refractivity contribution in [3.05, 3.63) is 29.1 Å². The lowest BCUT2D eigenvalue weighted by molar-refractivity contribution is -0.0724. The Morgan fingerprint density at radius 1 is 1.22 bits per heavy atom. The zero-order chi connectivity index (χ0) is 13.4. The first-order chi connectivity index (χ1) is 7.72. The number of nitrogens with two attached hydrogens (primary N) is 1. The molecular formula is C9H9ClF5NO2. The van der Waals surface area contributed by atoms with Crippen LogP contribution in [0.5, 0.6) is 5.75 Å². The molecule has 0 aliphatic carbocycles. The van der Waals surface area contributed by atoms with Crippen LogP contribution in [-0.4, -0.2) is 22.7 Å². The lowest BCUT2D eigenvalue weighted by Crippen LogP contribution is -2.37. The highest BCUT2D eigenvalue weighted by atomic mass is 35.5. The first-order valence-electron chi connectivity index (χ1n) is 4.33. The normalized spacial score (nSPS) is 13.1. The molecule has 0 heterocycles. The van der Waals surface area contributed by atoms with Gasteiger partial charge in [-0.05, 0) is 0 Å².